The van der Waals surface area contributed by atoms with Crippen molar-refractivity contribution in [2.45, 2.75) is 38.6 Å². The lowest BCUT2D eigenvalue weighted by Crippen LogP contribution is -2.44. The van der Waals surface area contributed by atoms with Crippen LogP contribution in [0.25, 0.3) is 0 Å². The van der Waals surface area contributed by atoms with E-state index in [1.165, 1.54) is 6.42 Å². The number of piperidine rings is 1. The van der Waals surface area contributed by atoms with E-state index in [4.69, 9.17) is 10.5 Å². The van der Waals surface area contributed by atoms with Gasteiger partial charge >= 0.3 is 0 Å². The van der Waals surface area contributed by atoms with E-state index >= 15 is 0 Å². The Morgan fingerprint density at radius 1 is 1.36 bits per heavy atom. The largest absolute Gasteiger partial charge is 0.494 e. The third-order valence-corrected chi connectivity index (χ3v) is 4.04. The summed E-state index contributed by atoms with van der Waals surface area (Å²) in [5.74, 6) is 0.854. The molecule has 1 aromatic rings. The van der Waals surface area contributed by atoms with Crippen molar-refractivity contribution < 1.29 is 9.53 Å². The van der Waals surface area contributed by atoms with Crippen molar-refractivity contribution in [3.8, 4) is 5.75 Å². The second-order valence-corrected chi connectivity index (χ2v) is 5.70. The van der Waals surface area contributed by atoms with E-state index < -0.39 is 0 Å². The lowest BCUT2D eigenvalue weighted by Gasteiger charge is -2.35. The van der Waals surface area contributed by atoms with Crippen LogP contribution in [0.5, 0.6) is 5.75 Å². The Bertz CT molecular complexity index is 459. The van der Waals surface area contributed by atoms with Crippen LogP contribution in [0.15, 0.2) is 24.3 Å². The van der Waals surface area contributed by atoms with Crippen LogP contribution in [0.4, 0.5) is 5.69 Å². The monoisotopic (exact) mass is 305 g/mol. The highest BCUT2D eigenvalue weighted by Crippen LogP contribution is 2.19. The number of rotatable bonds is 7. The topological polar surface area (TPSA) is 67.6 Å². The zero-order valence-corrected chi connectivity index (χ0v) is 13.4. The third-order valence-electron chi connectivity index (χ3n) is 4.04. The van der Waals surface area contributed by atoms with Gasteiger partial charge in [-0.3, -0.25) is 9.69 Å². The highest BCUT2D eigenvalue weighted by molar-refractivity contribution is 5.92. The minimum absolute atomic E-state index is 0.0353. The average Bonchev–Trinajstić information content (AvgIpc) is 2.52. The molecule has 1 aliphatic heterocycles. The van der Waals surface area contributed by atoms with Gasteiger partial charge in [0.1, 0.15) is 5.75 Å². The van der Waals surface area contributed by atoms with Gasteiger partial charge in [-0.1, -0.05) is 6.42 Å². The number of hydrogen-bond acceptors (Lipinski definition) is 4. The normalized spacial score (nSPS) is 18.9. The number of carbonyl (C=O) groups excluding carboxylic acids is 1. The molecule has 3 N–H and O–H groups in total. The van der Waals surface area contributed by atoms with Crippen LogP contribution in [0.2, 0.25) is 0 Å². The van der Waals surface area contributed by atoms with Gasteiger partial charge in [-0.2, -0.15) is 0 Å². The first-order valence-electron chi connectivity index (χ1n) is 8.19. The molecule has 5 nitrogen and oxygen atoms in total. The Hall–Kier alpha value is -1.59. The van der Waals surface area contributed by atoms with Gasteiger partial charge in [-0.05, 0) is 63.5 Å². The molecule has 2 rings (SSSR count). The van der Waals surface area contributed by atoms with Gasteiger partial charge in [0, 0.05) is 11.7 Å². The molecular weight excluding hydrogens is 278 g/mol. The second kappa shape index (κ2) is 8.76. The first kappa shape index (κ1) is 16.8. The molecule has 1 atom stereocenters. The van der Waals surface area contributed by atoms with E-state index in [9.17, 15) is 4.79 Å². The molecule has 1 unspecified atom stereocenters. The lowest BCUT2D eigenvalue weighted by molar-refractivity contribution is -0.118. The number of likely N-dealkylation sites (tertiary alicyclic amines) is 1. The predicted molar refractivity (Wildman–Crippen MR) is 89.1 cm³/mol. The number of benzene rings is 1. The number of anilines is 1. The van der Waals surface area contributed by atoms with Crippen LogP contribution >= 0.6 is 0 Å². The number of ether oxygens (including phenoxy) is 1. The maximum absolute atomic E-state index is 12.2. The molecule has 1 fully saturated rings. The molecule has 1 aliphatic rings. The fourth-order valence-corrected chi connectivity index (χ4v) is 2.97. The molecular formula is C17H27N3O2. The molecule has 0 bridgehead atoms. The molecule has 5 heteroatoms. The van der Waals surface area contributed by atoms with Crippen molar-refractivity contribution in [2.75, 3.05) is 31.6 Å². The number of carbonyl (C=O) groups is 1. The van der Waals surface area contributed by atoms with Crippen LogP contribution in [0, 0.1) is 0 Å². The number of hydrogen-bond donors (Lipinski definition) is 2. The van der Waals surface area contributed by atoms with E-state index in [2.05, 4.69) is 10.2 Å². The van der Waals surface area contributed by atoms with Crippen molar-refractivity contribution in [1.82, 2.24) is 4.90 Å². The Balaban J connectivity index is 1.85. The van der Waals surface area contributed by atoms with Crippen molar-refractivity contribution >= 4 is 11.6 Å². The molecule has 0 radical (unpaired) electrons. The molecule has 1 amide bonds. The summed E-state index contributed by atoms with van der Waals surface area (Å²) in [6, 6.07) is 7.94. The summed E-state index contributed by atoms with van der Waals surface area (Å²) in [6.07, 6.45) is 4.52. The number of nitrogens with two attached hydrogens (primary N) is 1. The SMILES string of the molecule is CCOc1ccc(NC(=O)CN2CCCCC2CCN)cc1. The minimum Gasteiger partial charge on any atom is -0.494 e. The van der Waals surface area contributed by atoms with Crippen LogP contribution < -0.4 is 15.8 Å². The van der Waals surface area contributed by atoms with E-state index in [0.29, 0.717) is 25.7 Å². The summed E-state index contributed by atoms with van der Waals surface area (Å²) in [4.78, 5) is 14.5. The second-order valence-electron chi connectivity index (χ2n) is 5.70. The summed E-state index contributed by atoms with van der Waals surface area (Å²) in [5, 5.41) is 2.95. The van der Waals surface area contributed by atoms with Crippen LogP contribution in [0.1, 0.15) is 32.6 Å². The van der Waals surface area contributed by atoms with E-state index in [1.54, 1.807) is 0 Å². The van der Waals surface area contributed by atoms with Crippen molar-refractivity contribution in [3.63, 3.8) is 0 Å². The van der Waals surface area contributed by atoms with Crippen LogP contribution in [0.3, 0.4) is 0 Å². The standard InChI is InChI=1S/C17H27N3O2/c1-2-22-16-8-6-14(7-9-16)19-17(21)13-20-12-4-3-5-15(20)10-11-18/h6-9,15H,2-5,10-13,18H2,1H3,(H,19,21). The smallest absolute Gasteiger partial charge is 0.238 e. The maximum Gasteiger partial charge on any atom is 0.238 e. The Labute approximate surface area is 132 Å². The van der Waals surface area contributed by atoms with E-state index in [1.807, 2.05) is 31.2 Å². The molecule has 1 aromatic carbocycles. The average molecular weight is 305 g/mol. The molecule has 22 heavy (non-hydrogen) atoms. The first-order valence-corrected chi connectivity index (χ1v) is 8.19. The molecule has 0 saturated carbocycles. The summed E-state index contributed by atoms with van der Waals surface area (Å²) >= 11 is 0. The lowest BCUT2D eigenvalue weighted by atomic mass is 9.99. The maximum atomic E-state index is 12.2. The molecule has 0 spiro atoms. The fourth-order valence-electron chi connectivity index (χ4n) is 2.97. The Morgan fingerprint density at radius 2 is 2.14 bits per heavy atom. The molecule has 1 heterocycles. The molecule has 0 aromatic heterocycles. The summed E-state index contributed by atoms with van der Waals surface area (Å²) in [6.45, 7) is 4.70. The molecule has 1 saturated heterocycles. The van der Waals surface area contributed by atoms with E-state index in [0.717, 1.165) is 37.2 Å². The number of nitrogens with one attached hydrogen (secondary N) is 1. The van der Waals surface area contributed by atoms with Gasteiger partial charge in [0.2, 0.25) is 5.91 Å². The third kappa shape index (κ3) is 5.00. The van der Waals surface area contributed by atoms with Gasteiger partial charge < -0.3 is 15.8 Å². The summed E-state index contributed by atoms with van der Waals surface area (Å²) in [5.41, 5.74) is 6.48. The molecule has 0 aliphatic carbocycles. The van der Waals surface area contributed by atoms with E-state index in [-0.39, 0.29) is 5.91 Å². The predicted octanol–water partition coefficient (Wildman–Crippen LogP) is 2.23. The Kier molecular flexibility index (Phi) is 6.68. The van der Waals surface area contributed by atoms with Gasteiger partial charge in [-0.25, -0.2) is 0 Å². The van der Waals surface area contributed by atoms with Gasteiger partial charge in [-0.15, -0.1) is 0 Å². The zero-order valence-electron chi connectivity index (χ0n) is 13.4. The number of nitrogens with zero attached hydrogens (tertiary/aromatic N) is 1. The van der Waals surface area contributed by atoms with Crippen molar-refractivity contribution in [2.24, 2.45) is 5.73 Å². The Morgan fingerprint density at radius 3 is 2.82 bits per heavy atom. The van der Waals surface area contributed by atoms with Gasteiger partial charge in [0.25, 0.3) is 0 Å². The van der Waals surface area contributed by atoms with Gasteiger partial charge in [0.05, 0.1) is 13.2 Å². The number of amides is 1. The summed E-state index contributed by atoms with van der Waals surface area (Å²) in [7, 11) is 0. The highest BCUT2D eigenvalue weighted by atomic mass is 16.5. The van der Waals surface area contributed by atoms with Crippen LogP contribution in [-0.2, 0) is 4.79 Å². The highest BCUT2D eigenvalue weighted by Gasteiger charge is 2.23. The van der Waals surface area contributed by atoms with Crippen LogP contribution in [-0.4, -0.2) is 43.1 Å². The minimum atomic E-state index is 0.0353. The first-order chi connectivity index (χ1) is 10.7. The van der Waals surface area contributed by atoms with Crippen molar-refractivity contribution in [1.29, 1.82) is 0 Å². The molecule has 122 valence electrons. The zero-order chi connectivity index (χ0) is 15.8. The quantitative estimate of drug-likeness (QED) is 0.810. The van der Waals surface area contributed by atoms with Gasteiger partial charge in [0.15, 0.2) is 0 Å². The fraction of sp³-hybridized carbons (Fsp3) is 0.588. The summed E-state index contributed by atoms with van der Waals surface area (Å²) < 4.78 is 5.40. The van der Waals surface area contributed by atoms with Crippen molar-refractivity contribution in [3.05, 3.63) is 24.3 Å².